The predicted octanol–water partition coefficient (Wildman–Crippen LogP) is 6.29. The van der Waals surface area contributed by atoms with Crippen LogP contribution < -0.4 is 0 Å². The van der Waals surface area contributed by atoms with E-state index < -0.39 is 6.10 Å². The van der Waals surface area contributed by atoms with Crippen LogP contribution in [0.4, 0.5) is 0 Å². The van der Waals surface area contributed by atoms with E-state index in [0.29, 0.717) is 25.7 Å². The molecule has 0 atom stereocenters. The standard InChI is InChI=1S/C27H46O6/c1-2-11-27(30)33-24(20-31-25(28)18-9-16-22-12-5-3-6-13-22)21-32-26(29)19-10-17-23-14-7-4-8-15-23/h22-24H,2-21H2,1H3. The van der Waals surface area contributed by atoms with Crippen molar-refractivity contribution in [3.05, 3.63) is 0 Å². The summed E-state index contributed by atoms with van der Waals surface area (Å²) in [6, 6.07) is 0. The molecule has 0 unspecified atom stereocenters. The van der Waals surface area contributed by atoms with E-state index >= 15 is 0 Å². The number of hydrogen-bond donors (Lipinski definition) is 0. The molecule has 0 aromatic heterocycles. The summed E-state index contributed by atoms with van der Waals surface area (Å²) in [4.78, 5) is 36.3. The van der Waals surface area contributed by atoms with Gasteiger partial charge in [0.05, 0.1) is 0 Å². The van der Waals surface area contributed by atoms with Crippen LogP contribution in [0.2, 0.25) is 0 Å². The highest BCUT2D eigenvalue weighted by molar-refractivity contribution is 5.71. The molecular weight excluding hydrogens is 420 g/mol. The van der Waals surface area contributed by atoms with Crippen molar-refractivity contribution in [3.63, 3.8) is 0 Å². The van der Waals surface area contributed by atoms with Gasteiger partial charge in [-0.25, -0.2) is 0 Å². The molecule has 0 aromatic carbocycles. The molecule has 6 nitrogen and oxygen atoms in total. The Morgan fingerprint density at radius 3 is 1.55 bits per heavy atom. The summed E-state index contributed by atoms with van der Waals surface area (Å²) in [6.07, 6.45) is 17.8. The first-order valence-corrected chi connectivity index (χ1v) is 13.6. The molecule has 6 heteroatoms. The van der Waals surface area contributed by atoms with Crippen LogP contribution in [0.3, 0.4) is 0 Å². The second kappa shape index (κ2) is 16.9. The number of esters is 3. The SMILES string of the molecule is CCCC(=O)OC(COC(=O)CCCC1CCCCC1)COC(=O)CCCC1CCCCC1. The molecule has 0 aliphatic heterocycles. The molecule has 0 saturated heterocycles. The predicted molar refractivity (Wildman–Crippen MR) is 128 cm³/mol. The Balaban J connectivity index is 1.64. The third-order valence-electron chi connectivity index (χ3n) is 7.05. The van der Waals surface area contributed by atoms with Crippen molar-refractivity contribution in [2.45, 2.75) is 129 Å². The normalized spacial score (nSPS) is 17.6. The lowest BCUT2D eigenvalue weighted by molar-refractivity contribution is -0.167. The first-order chi connectivity index (χ1) is 16.1. The summed E-state index contributed by atoms with van der Waals surface area (Å²) in [6.45, 7) is 1.77. The number of rotatable bonds is 15. The van der Waals surface area contributed by atoms with Gasteiger partial charge in [-0.1, -0.05) is 71.1 Å². The molecule has 0 N–H and O–H groups in total. The second-order valence-corrected chi connectivity index (χ2v) is 10.0. The van der Waals surface area contributed by atoms with E-state index in [1.165, 1.54) is 64.2 Å². The van der Waals surface area contributed by atoms with E-state index in [-0.39, 0.29) is 31.1 Å². The Kier molecular flexibility index (Phi) is 14.2. The zero-order valence-electron chi connectivity index (χ0n) is 20.8. The molecule has 0 amide bonds. The van der Waals surface area contributed by atoms with Gasteiger partial charge < -0.3 is 14.2 Å². The van der Waals surface area contributed by atoms with E-state index in [0.717, 1.165) is 37.5 Å². The molecule has 0 radical (unpaired) electrons. The molecule has 0 bridgehead atoms. The number of hydrogen-bond acceptors (Lipinski definition) is 6. The zero-order chi connectivity index (χ0) is 23.7. The molecule has 2 aliphatic carbocycles. The number of ether oxygens (including phenoxy) is 3. The molecule has 2 saturated carbocycles. The maximum atomic E-state index is 12.2. The van der Waals surface area contributed by atoms with Crippen LogP contribution >= 0.6 is 0 Å². The number of carbonyl (C=O) groups excluding carboxylic acids is 3. The van der Waals surface area contributed by atoms with Crippen LogP contribution in [-0.4, -0.2) is 37.2 Å². The van der Waals surface area contributed by atoms with Crippen LogP contribution in [0, 0.1) is 11.8 Å². The van der Waals surface area contributed by atoms with Crippen molar-refractivity contribution in [1.29, 1.82) is 0 Å². The van der Waals surface area contributed by atoms with Crippen LogP contribution in [-0.2, 0) is 28.6 Å². The van der Waals surface area contributed by atoms with Crippen LogP contribution in [0.5, 0.6) is 0 Å². The third kappa shape index (κ3) is 13.0. The van der Waals surface area contributed by atoms with Crippen molar-refractivity contribution in [2.75, 3.05) is 13.2 Å². The third-order valence-corrected chi connectivity index (χ3v) is 7.05. The molecule has 0 spiro atoms. The maximum Gasteiger partial charge on any atom is 0.306 e. The molecular formula is C27H46O6. The molecule has 0 heterocycles. The Bertz CT molecular complexity index is 523. The first kappa shape index (κ1) is 27.7. The lowest BCUT2D eigenvalue weighted by Crippen LogP contribution is -2.30. The van der Waals surface area contributed by atoms with Gasteiger partial charge in [0.25, 0.3) is 0 Å². The highest BCUT2D eigenvalue weighted by atomic mass is 16.6. The summed E-state index contributed by atoms with van der Waals surface area (Å²) < 4.78 is 16.1. The fourth-order valence-electron chi connectivity index (χ4n) is 5.10. The van der Waals surface area contributed by atoms with E-state index in [2.05, 4.69) is 0 Å². The Hall–Kier alpha value is -1.59. The molecule has 0 aromatic rings. The highest BCUT2D eigenvalue weighted by Gasteiger charge is 2.20. The lowest BCUT2D eigenvalue weighted by Gasteiger charge is -2.21. The van der Waals surface area contributed by atoms with E-state index in [9.17, 15) is 14.4 Å². The van der Waals surface area contributed by atoms with Crippen molar-refractivity contribution < 1.29 is 28.6 Å². The quantitative estimate of drug-likeness (QED) is 0.209. The fourth-order valence-corrected chi connectivity index (χ4v) is 5.10. The van der Waals surface area contributed by atoms with Crippen LogP contribution in [0.1, 0.15) is 122 Å². The molecule has 2 fully saturated rings. The second-order valence-electron chi connectivity index (χ2n) is 10.0. The first-order valence-electron chi connectivity index (χ1n) is 13.6. The Labute approximate surface area is 200 Å². The smallest absolute Gasteiger partial charge is 0.306 e. The zero-order valence-corrected chi connectivity index (χ0v) is 20.8. The van der Waals surface area contributed by atoms with E-state index in [1.54, 1.807) is 0 Å². The fraction of sp³-hybridized carbons (Fsp3) is 0.889. The monoisotopic (exact) mass is 466 g/mol. The minimum absolute atomic E-state index is 0.0624. The molecule has 2 aliphatic rings. The summed E-state index contributed by atoms with van der Waals surface area (Å²) in [5.41, 5.74) is 0. The minimum Gasteiger partial charge on any atom is -0.462 e. The van der Waals surface area contributed by atoms with Gasteiger partial charge >= 0.3 is 17.9 Å². The van der Waals surface area contributed by atoms with E-state index in [4.69, 9.17) is 14.2 Å². The van der Waals surface area contributed by atoms with Crippen molar-refractivity contribution >= 4 is 17.9 Å². The van der Waals surface area contributed by atoms with Gasteiger partial charge in [0, 0.05) is 19.3 Å². The topological polar surface area (TPSA) is 78.9 Å². The Morgan fingerprint density at radius 2 is 1.12 bits per heavy atom. The average Bonchev–Trinajstić information content (AvgIpc) is 2.82. The minimum atomic E-state index is -0.742. The summed E-state index contributed by atoms with van der Waals surface area (Å²) in [7, 11) is 0. The summed E-state index contributed by atoms with van der Waals surface area (Å²) in [5, 5.41) is 0. The van der Waals surface area contributed by atoms with Gasteiger partial charge in [-0.2, -0.15) is 0 Å². The molecule has 33 heavy (non-hydrogen) atoms. The van der Waals surface area contributed by atoms with Crippen molar-refractivity contribution in [1.82, 2.24) is 0 Å². The van der Waals surface area contributed by atoms with Crippen LogP contribution in [0.15, 0.2) is 0 Å². The summed E-state index contributed by atoms with van der Waals surface area (Å²) in [5.74, 6) is 0.574. The number of carbonyl (C=O) groups is 3. The summed E-state index contributed by atoms with van der Waals surface area (Å²) >= 11 is 0. The van der Waals surface area contributed by atoms with Gasteiger partial charge in [0.1, 0.15) is 13.2 Å². The van der Waals surface area contributed by atoms with Gasteiger partial charge in [0.15, 0.2) is 6.10 Å². The van der Waals surface area contributed by atoms with Gasteiger partial charge in [-0.3, -0.25) is 14.4 Å². The average molecular weight is 467 g/mol. The van der Waals surface area contributed by atoms with Crippen molar-refractivity contribution in [3.8, 4) is 0 Å². The molecule has 2 rings (SSSR count). The van der Waals surface area contributed by atoms with Gasteiger partial charge in [-0.15, -0.1) is 0 Å². The largest absolute Gasteiger partial charge is 0.462 e. The lowest BCUT2D eigenvalue weighted by atomic mass is 9.86. The van der Waals surface area contributed by atoms with Crippen molar-refractivity contribution in [2.24, 2.45) is 11.8 Å². The Morgan fingerprint density at radius 1 is 0.667 bits per heavy atom. The van der Waals surface area contributed by atoms with E-state index in [1.807, 2.05) is 6.92 Å². The van der Waals surface area contributed by atoms with Crippen LogP contribution in [0.25, 0.3) is 0 Å². The van der Waals surface area contributed by atoms with Gasteiger partial charge in [-0.05, 0) is 43.9 Å². The molecule has 190 valence electrons. The maximum absolute atomic E-state index is 12.2. The highest BCUT2D eigenvalue weighted by Crippen LogP contribution is 2.28. The van der Waals surface area contributed by atoms with Gasteiger partial charge in [0.2, 0.25) is 0 Å².